The van der Waals surface area contributed by atoms with Crippen LogP contribution in [0.2, 0.25) is 0 Å². The number of hydrogen-bond donors (Lipinski definition) is 0. The van der Waals surface area contributed by atoms with Crippen molar-refractivity contribution in [3.05, 3.63) is 96.6 Å². The highest BCUT2D eigenvalue weighted by Gasteiger charge is 2.22. The minimum absolute atomic E-state index is 0.627. The summed E-state index contributed by atoms with van der Waals surface area (Å²) >= 11 is 0. The van der Waals surface area contributed by atoms with Crippen molar-refractivity contribution in [1.29, 1.82) is 0 Å². The lowest BCUT2D eigenvalue weighted by Gasteiger charge is -2.12. The molecule has 0 saturated carbocycles. The maximum Gasteiger partial charge on any atom is 0.177 e. The monoisotopic (exact) mass is 450 g/mol. The van der Waals surface area contributed by atoms with Gasteiger partial charge in [-0.25, -0.2) is 0 Å². The van der Waals surface area contributed by atoms with Gasteiger partial charge in [0.25, 0.3) is 0 Å². The van der Waals surface area contributed by atoms with Crippen molar-refractivity contribution < 1.29 is 18.6 Å². The Morgan fingerprint density at radius 2 is 1.38 bits per heavy atom. The molecule has 0 aliphatic rings. The number of furan rings is 1. The fourth-order valence-corrected chi connectivity index (χ4v) is 4.18. The molecule has 0 saturated heterocycles. The van der Waals surface area contributed by atoms with Crippen molar-refractivity contribution in [3.63, 3.8) is 0 Å². The number of methoxy groups -OCH3 is 2. The van der Waals surface area contributed by atoms with Crippen molar-refractivity contribution in [2.75, 3.05) is 14.2 Å². The number of aryl methyl sites for hydroxylation is 1. The second-order valence-electron chi connectivity index (χ2n) is 7.98. The number of hydrogen-bond acceptors (Lipinski definition) is 4. The molecule has 0 unspecified atom stereocenters. The summed E-state index contributed by atoms with van der Waals surface area (Å²) in [5.74, 6) is 3.51. The molecule has 0 radical (unpaired) electrons. The third-order valence-electron chi connectivity index (χ3n) is 5.90. The van der Waals surface area contributed by atoms with Gasteiger partial charge < -0.3 is 18.6 Å². The van der Waals surface area contributed by atoms with Gasteiger partial charge in [0.05, 0.1) is 14.2 Å². The molecule has 0 aliphatic carbocycles. The molecule has 0 atom stereocenters. The van der Waals surface area contributed by atoms with E-state index in [1.807, 2.05) is 72.8 Å². The smallest absolute Gasteiger partial charge is 0.177 e. The second-order valence-corrected chi connectivity index (χ2v) is 7.98. The van der Waals surface area contributed by atoms with Crippen molar-refractivity contribution >= 4 is 11.0 Å². The van der Waals surface area contributed by atoms with Gasteiger partial charge in [-0.2, -0.15) is 0 Å². The largest absolute Gasteiger partial charge is 0.493 e. The lowest BCUT2D eigenvalue weighted by atomic mass is 9.97. The van der Waals surface area contributed by atoms with Crippen LogP contribution >= 0.6 is 0 Å². The van der Waals surface area contributed by atoms with Crippen LogP contribution in [0.25, 0.3) is 33.4 Å². The first-order valence-electron chi connectivity index (χ1n) is 11.3. The van der Waals surface area contributed by atoms with E-state index in [9.17, 15) is 0 Å². The number of benzene rings is 4. The van der Waals surface area contributed by atoms with E-state index in [1.165, 1.54) is 5.56 Å². The van der Waals surface area contributed by atoms with Crippen LogP contribution in [0, 0.1) is 0 Å². The molecule has 0 fully saturated rings. The molecule has 0 spiro atoms. The molecule has 34 heavy (non-hydrogen) atoms. The molecule has 0 amide bonds. The van der Waals surface area contributed by atoms with E-state index in [1.54, 1.807) is 14.2 Å². The minimum atomic E-state index is 0.627. The molecule has 170 valence electrons. The van der Waals surface area contributed by atoms with Crippen LogP contribution in [-0.2, 0) is 6.42 Å². The van der Waals surface area contributed by atoms with E-state index < -0.39 is 0 Å². The van der Waals surface area contributed by atoms with Crippen molar-refractivity contribution in [2.45, 2.75) is 13.3 Å². The Hall–Kier alpha value is -4.18. The first-order valence-corrected chi connectivity index (χ1v) is 11.3. The van der Waals surface area contributed by atoms with Gasteiger partial charge in [0.15, 0.2) is 22.8 Å². The molecule has 0 bridgehead atoms. The Kier molecular flexibility index (Phi) is 5.96. The van der Waals surface area contributed by atoms with E-state index in [0.29, 0.717) is 11.5 Å². The molecule has 5 aromatic rings. The summed E-state index contributed by atoms with van der Waals surface area (Å²) in [4.78, 5) is 0. The molecular weight excluding hydrogens is 424 g/mol. The summed E-state index contributed by atoms with van der Waals surface area (Å²) < 4.78 is 23.9. The quantitative estimate of drug-likeness (QED) is 0.251. The van der Waals surface area contributed by atoms with E-state index in [-0.39, 0.29) is 0 Å². The van der Waals surface area contributed by atoms with Crippen molar-refractivity contribution in [1.82, 2.24) is 0 Å². The fourth-order valence-electron chi connectivity index (χ4n) is 4.18. The predicted molar refractivity (Wildman–Crippen MR) is 136 cm³/mol. The first-order chi connectivity index (χ1) is 16.7. The molecule has 4 heteroatoms. The molecule has 0 N–H and O–H groups in total. The minimum Gasteiger partial charge on any atom is -0.493 e. The third kappa shape index (κ3) is 3.99. The van der Waals surface area contributed by atoms with Crippen LogP contribution < -0.4 is 14.2 Å². The number of rotatable bonds is 7. The van der Waals surface area contributed by atoms with E-state index in [2.05, 4.69) is 25.1 Å². The van der Waals surface area contributed by atoms with Crippen LogP contribution in [0.1, 0.15) is 12.5 Å². The molecule has 0 aliphatic heterocycles. The molecular formula is C30H26O4. The highest BCUT2D eigenvalue weighted by Crippen LogP contribution is 2.46. The maximum atomic E-state index is 6.50. The predicted octanol–water partition coefficient (Wildman–Crippen LogP) is 8.14. The van der Waals surface area contributed by atoms with E-state index in [4.69, 9.17) is 18.6 Å². The standard InChI is InChI=1S/C30H26O4/c1-4-20-17-24-28(21-11-7-5-8-12-21)29(34-30(24)27(18-20)32-3)22-15-16-25(26(19-22)31-2)33-23-13-9-6-10-14-23/h5-19H,4H2,1-3H3. The zero-order valence-corrected chi connectivity index (χ0v) is 19.5. The van der Waals surface area contributed by atoms with Gasteiger partial charge in [-0.05, 0) is 60.0 Å². The van der Waals surface area contributed by atoms with Crippen molar-refractivity contribution in [3.8, 4) is 45.4 Å². The SMILES string of the molecule is CCc1cc(OC)c2oc(-c3ccc(Oc4ccccc4)c(OC)c3)c(-c3ccccc3)c2c1. The maximum absolute atomic E-state index is 6.50. The van der Waals surface area contributed by atoms with Crippen molar-refractivity contribution in [2.24, 2.45) is 0 Å². The normalized spacial score (nSPS) is 10.9. The lowest BCUT2D eigenvalue weighted by molar-refractivity contribution is 0.379. The average molecular weight is 451 g/mol. The summed E-state index contributed by atoms with van der Waals surface area (Å²) in [6, 6.07) is 30.1. The summed E-state index contributed by atoms with van der Waals surface area (Å²) in [6.07, 6.45) is 0.903. The van der Waals surface area contributed by atoms with Crippen LogP contribution in [0.15, 0.2) is 95.4 Å². The molecule has 1 heterocycles. The molecule has 5 rings (SSSR count). The fraction of sp³-hybridized carbons (Fsp3) is 0.133. The van der Waals surface area contributed by atoms with Crippen LogP contribution in [0.5, 0.6) is 23.0 Å². The van der Waals surface area contributed by atoms with E-state index >= 15 is 0 Å². The number of fused-ring (bicyclic) bond motifs is 1. The van der Waals surface area contributed by atoms with Gasteiger partial charge in [-0.3, -0.25) is 0 Å². The third-order valence-corrected chi connectivity index (χ3v) is 5.90. The summed E-state index contributed by atoms with van der Waals surface area (Å²) in [7, 11) is 3.32. The van der Waals surface area contributed by atoms with Gasteiger partial charge in [-0.1, -0.05) is 55.5 Å². The number of ether oxygens (including phenoxy) is 3. The molecule has 1 aromatic heterocycles. The topological polar surface area (TPSA) is 40.8 Å². The lowest BCUT2D eigenvalue weighted by Crippen LogP contribution is -1.91. The summed E-state index contributed by atoms with van der Waals surface area (Å²) in [6.45, 7) is 2.14. The highest BCUT2D eigenvalue weighted by atomic mass is 16.5. The highest BCUT2D eigenvalue weighted by molar-refractivity contribution is 6.04. The summed E-state index contributed by atoms with van der Waals surface area (Å²) in [5, 5.41) is 1.03. The zero-order valence-electron chi connectivity index (χ0n) is 19.5. The van der Waals surface area contributed by atoms with Crippen LogP contribution in [-0.4, -0.2) is 14.2 Å². The zero-order chi connectivity index (χ0) is 23.5. The van der Waals surface area contributed by atoms with Gasteiger partial charge in [-0.15, -0.1) is 0 Å². The Morgan fingerprint density at radius 1 is 0.676 bits per heavy atom. The van der Waals surface area contributed by atoms with Gasteiger partial charge >= 0.3 is 0 Å². The Labute approximate surface area is 199 Å². The van der Waals surface area contributed by atoms with Crippen LogP contribution in [0.3, 0.4) is 0 Å². The average Bonchev–Trinajstić information content (AvgIpc) is 3.29. The van der Waals surface area contributed by atoms with Gasteiger partial charge in [0.1, 0.15) is 11.5 Å². The van der Waals surface area contributed by atoms with Gasteiger partial charge in [0.2, 0.25) is 0 Å². The Balaban J connectivity index is 1.70. The Morgan fingerprint density at radius 3 is 2.06 bits per heavy atom. The molecule has 4 aromatic carbocycles. The first kappa shape index (κ1) is 21.7. The number of para-hydroxylation sites is 1. The summed E-state index contributed by atoms with van der Waals surface area (Å²) in [5.41, 5.74) is 4.93. The van der Waals surface area contributed by atoms with E-state index in [0.717, 1.165) is 51.3 Å². The second kappa shape index (κ2) is 9.36. The Bertz CT molecular complexity index is 1420. The molecule has 4 nitrogen and oxygen atoms in total. The van der Waals surface area contributed by atoms with Crippen LogP contribution in [0.4, 0.5) is 0 Å². The van der Waals surface area contributed by atoms with Gasteiger partial charge in [0, 0.05) is 16.5 Å².